The van der Waals surface area contributed by atoms with Crippen molar-refractivity contribution in [3.8, 4) is 5.75 Å². The summed E-state index contributed by atoms with van der Waals surface area (Å²) in [6.45, 7) is 1.75. The molecular weight excluding hydrogens is 384 g/mol. The van der Waals surface area contributed by atoms with Crippen LogP contribution in [-0.2, 0) is 9.53 Å². The van der Waals surface area contributed by atoms with Crippen LogP contribution >= 0.6 is 23.8 Å². The number of benzene rings is 2. The average molecular weight is 405 g/mol. The predicted octanol–water partition coefficient (Wildman–Crippen LogP) is 4.70. The molecule has 0 radical (unpaired) electrons. The fraction of sp³-hybridized carbons (Fsp3) is 0.250. The lowest BCUT2D eigenvalue weighted by Crippen LogP contribution is -2.21. The van der Waals surface area contributed by atoms with Crippen LogP contribution in [0.3, 0.4) is 0 Å². The lowest BCUT2D eigenvalue weighted by molar-refractivity contribution is -0.144. The van der Waals surface area contributed by atoms with Crippen LogP contribution in [0.1, 0.15) is 24.5 Å². The molecule has 0 aliphatic heterocycles. The first-order valence-corrected chi connectivity index (χ1v) is 9.05. The van der Waals surface area contributed by atoms with Gasteiger partial charge in [0.25, 0.3) is 0 Å². The highest BCUT2D eigenvalue weighted by molar-refractivity contribution is 7.80. The second-order valence-corrected chi connectivity index (χ2v) is 6.90. The molecule has 0 amide bonds. The van der Waals surface area contributed by atoms with Crippen LogP contribution in [-0.4, -0.2) is 30.9 Å². The zero-order chi connectivity index (χ0) is 20.0. The molecule has 0 saturated heterocycles. The average Bonchev–Trinajstić information content (AvgIpc) is 2.67. The van der Waals surface area contributed by atoms with E-state index in [1.807, 2.05) is 0 Å². The number of rotatable bonds is 7. The van der Waals surface area contributed by atoms with Gasteiger partial charge in [0.15, 0.2) is 0 Å². The molecule has 0 aromatic heterocycles. The number of methoxy groups -OCH3 is 2. The van der Waals surface area contributed by atoms with Crippen molar-refractivity contribution >= 4 is 46.2 Å². The Labute approximate surface area is 169 Å². The van der Waals surface area contributed by atoms with Crippen molar-refractivity contribution in [3.05, 3.63) is 58.6 Å². The van der Waals surface area contributed by atoms with E-state index in [1.54, 1.807) is 56.5 Å². The van der Waals surface area contributed by atoms with Gasteiger partial charge in [-0.25, -0.2) is 0 Å². The molecule has 0 aliphatic rings. The second kappa shape index (κ2) is 9.48. The molecule has 0 bridgehead atoms. The van der Waals surface area contributed by atoms with Crippen molar-refractivity contribution in [3.63, 3.8) is 0 Å². The molecule has 2 aromatic rings. The van der Waals surface area contributed by atoms with Crippen LogP contribution in [0.15, 0.2) is 42.5 Å². The first kappa shape index (κ1) is 20.9. The highest BCUT2D eigenvalue weighted by Crippen LogP contribution is 2.26. The van der Waals surface area contributed by atoms with Crippen molar-refractivity contribution < 1.29 is 14.3 Å². The fourth-order valence-electron chi connectivity index (χ4n) is 2.50. The third-order valence-electron chi connectivity index (χ3n) is 4.00. The molecule has 0 saturated carbocycles. The lowest BCUT2D eigenvalue weighted by atomic mass is 10.00. The Hall–Kier alpha value is -2.44. The van der Waals surface area contributed by atoms with Crippen molar-refractivity contribution in [1.82, 2.24) is 0 Å². The normalized spacial score (nSPS) is 11.4. The van der Waals surface area contributed by atoms with Gasteiger partial charge < -0.3 is 14.8 Å². The van der Waals surface area contributed by atoms with Gasteiger partial charge in [0, 0.05) is 28.3 Å². The third kappa shape index (κ3) is 5.52. The molecule has 2 N–H and O–H groups in total. The molecule has 0 fully saturated rings. The minimum absolute atomic E-state index is 0.303. The van der Waals surface area contributed by atoms with Gasteiger partial charge in [-0.1, -0.05) is 42.9 Å². The number of halogens is 1. The Kier molecular flexibility index (Phi) is 7.33. The van der Waals surface area contributed by atoms with Crippen LogP contribution in [0.5, 0.6) is 5.75 Å². The van der Waals surface area contributed by atoms with E-state index in [2.05, 4.69) is 5.32 Å². The summed E-state index contributed by atoms with van der Waals surface area (Å²) in [6, 6.07) is 12.4. The molecule has 7 heteroatoms. The van der Waals surface area contributed by atoms with Crippen molar-refractivity contribution in [2.45, 2.75) is 13.3 Å². The molecule has 0 aliphatic carbocycles. The molecule has 1 atom stereocenters. The summed E-state index contributed by atoms with van der Waals surface area (Å²) in [5, 5.41) is 12.3. The van der Waals surface area contributed by atoms with Gasteiger partial charge in [-0.05, 0) is 30.3 Å². The van der Waals surface area contributed by atoms with E-state index in [-0.39, 0.29) is 11.9 Å². The standard InChI is InChI=1S/C20H21ClN2O3S/c1-12(20(24)26-3)10-18(27)23-17-9-8-15(25-2)11-16(17)19(22)13-4-6-14(21)7-5-13/h4-9,11-12,22H,10H2,1-3H3,(H,23,27). The van der Waals surface area contributed by atoms with Gasteiger partial charge in [-0.2, -0.15) is 0 Å². The number of anilines is 1. The molecule has 1 unspecified atom stereocenters. The Morgan fingerprint density at radius 1 is 1.22 bits per heavy atom. The Balaban J connectivity index is 2.28. The van der Waals surface area contributed by atoms with Gasteiger partial charge >= 0.3 is 5.97 Å². The van der Waals surface area contributed by atoms with Gasteiger partial charge in [0.2, 0.25) is 0 Å². The highest BCUT2D eigenvalue weighted by atomic mass is 35.5. The molecule has 2 aromatic carbocycles. The molecule has 2 rings (SSSR count). The van der Waals surface area contributed by atoms with Crippen molar-refractivity contribution in [2.24, 2.45) is 5.92 Å². The van der Waals surface area contributed by atoms with Crippen LogP contribution < -0.4 is 10.1 Å². The number of hydrogen-bond acceptors (Lipinski definition) is 5. The van der Waals surface area contributed by atoms with Crippen LogP contribution in [0, 0.1) is 11.3 Å². The second-order valence-electron chi connectivity index (χ2n) is 5.97. The molecule has 0 spiro atoms. The van der Waals surface area contributed by atoms with Crippen LogP contribution in [0.2, 0.25) is 5.02 Å². The molecule has 5 nitrogen and oxygen atoms in total. The van der Waals surface area contributed by atoms with Crippen LogP contribution in [0.25, 0.3) is 0 Å². The number of carbonyl (C=O) groups excluding carboxylic acids is 1. The third-order valence-corrected chi connectivity index (χ3v) is 4.52. The van der Waals surface area contributed by atoms with Crippen molar-refractivity contribution in [1.29, 1.82) is 5.41 Å². The van der Waals surface area contributed by atoms with Crippen LogP contribution in [0.4, 0.5) is 5.69 Å². The minimum Gasteiger partial charge on any atom is -0.497 e. The summed E-state index contributed by atoms with van der Waals surface area (Å²) in [7, 11) is 2.92. The number of carbonyl (C=O) groups is 1. The summed E-state index contributed by atoms with van der Waals surface area (Å²) in [5.41, 5.74) is 2.31. The summed E-state index contributed by atoms with van der Waals surface area (Å²) >= 11 is 11.3. The van der Waals surface area contributed by atoms with E-state index < -0.39 is 0 Å². The topological polar surface area (TPSA) is 71.4 Å². The maximum Gasteiger partial charge on any atom is 0.308 e. The SMILES string of the molecule is COC(=O)C(C)CC(=S)Nc1ccc(OC)cc1C(=N)c1ccc(Cl)cc1. The largest absolute Gasteiger partial charge is 0.497 e. The van der Waals surface area contributed by atoms with E-state index in [9.17, 15) is 4.79 Å². The van der Waals surface area contributed by atoms with E-state index in [4.69, 9.17) is 38.7 Å². The van der Waals surface area contributed by atoms with Gasteiger partial charge in [0.1, 0.15) is 5.75 Å². The molecule has 142 valence electrons. The number of esters is 1. The monoisotopic (exact) mass is 404 g/mol. The zero-order valence-electron chi connectivity index (χ0n) is 15.3. The van der Waals surface area contributed by atoms with Gasteiger partial charge in [-0.15, -0.1) is 0 Å². The zero-order valence-corrected chi connectivity index (χ0v) is 16.9. The highest BCUT2D eigenvalue weighted by Gasteiger charge is 2.17. The van der Waals surface area contributed by atoms with E-state index in [0.29, 0.717) is 44.7 Å². The van der Waals surface area contributed by atoms with E-state index >= 15 is 0 Å². The Morgan fingerprint density at radius 3 is 2.48 bits per heavy atom. The summed E-state index contributed by atoms with van der Waals surface area (Å²) in [6.07, 6.45) is 0.349. The van der Waals surface area contributed by atoms with Gasteiger partial charge in [-0.3, -0.25) is 10.2 Å². The summed E-state index contributed by atoms with van der Waals surface area (Å²) in [5.74, 6) is -0.0430. The maximum atomic E-state index is 11.6. The quantitative estimate of drug-likeness (QED) is 0.397. The molecular formula is C20H21ClN2O3S. The first-order chi connectivity index (χ1) is 12.8. The minimum atomic E-state index is -0.354. The molecule has 0 heterocycles. The predicted molar refractivity (Wildman–Crippen MR) is 112 cm³/mol. The first-order valence-electron chi connectivity index (χ1n) is 8.26. The smallest absolute Gasteiger partial charge is 0.308 e. The van der Waals surface area contributed by atoms with E-state index in [0.717, 1.165) is 0 Å². The Morgan fingerprint density at radius 2 is 1.89 bits per heavy atom. The maximum absolute atomic E-state index is 11.6. The molecule has 27 heavy (non-hydrogen) atoms. The lowest BCUT2D eigenvalue weighted by Gasteiger charge is -2.16. The van der Waals surface area contributed by atoms with E-state index in [1.165, 1.54) is 7.11 Å². The number of hydrogen-bond donors (Lipinski definition) is 2. The fourth-order valence-corrected chi connectivity index (χ4v) is 2.99. The summed E-state index contributed by atoms with van der Waals surface area (Å²) < 4.78 is 10.0. The summed E-state index contributed by atoms with van der Waals surface area (Å²) in [4.78, 5) is 12.1. The van der Waals surface area contributed by atoms with Crippen molar-refractivity contribution in [2.75, 3.05) is 19.5 Å². The number of thiocarbonyl (C=S) groups is 1. The number of ether oxygens (including phenoxy) is 2. The Bertz CT molecular complexity index is 853. The number of nitrogens with one attached hydrogen (secondary N) is 2. The van der Waals surface area contributed by atoms with Gasteiger partial charge in [0.05, 0.1) is 30.8 Å².